The number of piperidine rings is 1. The van der Waals surface area contributed by atoms with Crippen molar-refractivity contribution in [2.45, 2.75) is 45.4 Å². The van der Waals surface area contributed by atoms with Gasteiger partial charge in [-0.25, -0.2) is 4.98 Å². The Morgan fingerprint density at radius 3 is 2.32 bits per heavy atom. The molecule has 2 amide bonds. The van der Waals surface area contributed by atoms with Gasteiger partial charge in [0.1, 0.15) is 0 Å². The van der Waals surface area contributed by atoms with Crippen molar-refractivity contribution in [2.75, 3.05) is 26.2 Å². The second-order valence-corrected chi connectivity index (χ2v) is 11.0. The SMILES string of the molecule is CC1C/C(=C\c2ccccc2)c2nc3ccccc3c(C(=O)N3CCC(C(=O)N4CCCC4)CC3)c2C1. The van der Waals surface area contributed by atoms with E-state index in [1.54, 1.807) is 0 Å². The van der Waals surface area contributed by atoms with E-state index in [1.807, 2.05) is 40.1 Å². The molecule has 2 saturated heterocycles. The average molecular weight is 494 g/mol. The zero-order chi connectivity index (χ0) is 25.4. The molecule has 37 heavy (non-hydrogen) atoms. The van der Waals surface area contributed by atoms with Crippen LogP contribution in [0.15, 0.2) is 54.6 Å². The number of fused-ring (bicyclic) bond motifs is 2. The molecule has 1 aromatic heterocycles. The number of allylic oxidation sites excluding steroid dienone is 1. The fourth-order valence-corrected chi connectivity index (χ4v) is 6.41. The minimum atomic E-state index is 0.0469. The molecule has 5 nitrogen and oxygen atoms in total. The molecule has 1 unspecified atom stereocenters. The molecule has 2 fully saturated rings. The number of rotatable bonds is 3. The summed E-state index contributed by atoms with van der Waals surface area (Å²) >= 11 is 0. The quantitative estimate of drug-likeness (QED) is 0.461. The molecule has 190 valence electrons. The number of benzene rings is 2. The van der Waals surface area contributed by atoms with Gasteiger partial charge in [0.25, 0.3) is 5.91 Å². The Labute approximate surface area is 219 Å². The molecule has 6 rings (SSSR count). The molecule has 0 saturated carbocycles. The predicted octanol–water partition coefficient (Wildman–Crippen LogP) is 5.83. The molecule has 2 aliphatic heterocycles. The first-order chi connectivity index (χ1) is 18.1. The number of hydrogen-bond donors (Lipinski definition) is 0. The predicted molar refractivity (Wildman–Crippen MR) is 148 cm³/mol. The molecule has 3 aromatic rings. The number of carbonyl (C=O) groups excluding carboxylic acids is 2. The summed E-state index contributed by atoms with van der Waals surface area (Å²) in [5, 5.41) is 0.940. The molecule has 0 bridgehead atoms. The summed E-state index contributed by atoms with van der Waals surface area (Å²) in [5.74, 6) is 0.863. The van der Waals surface area contributed by atoms with Crippen LogP contribution in [0, 0.1) is 11.8 Å². The zero-order valence-corrected chi connectivity index (χ0v) is 21.7. The van der Waals surface area contributed by atoms with Crippen LogP contribution in [-0.4, -0.2) is 52.8 Å². The lowest BCUT2D eigenvalue weighted by molar-refractivity contribution is -0.135. The summed E-state index contributed by atoms with van der Waals surface area (Å²) in [7, 11) is 0. The molecule has 1 aliphatic carbocycles. The van der Waals surface area contributed by atoms with Crippen LogP contribution in [0.2, 0.25) is 0 Å². The third-order valence-corrected chi connectivity index (χ3v) is 8.32. The number of hydrogen-bond acceptors (Lipinski definition) is 3. The fourth-order valence-electron chi connectivity index (χ4n) is 6.41. The molecule has 3 aliphatic rings. The highest BCUT2D eigenvalue weighted by Crippen LogP contribution is 2.39. The maximum absolute atomic E-state index is 14.2. The van der Waals surface area contributed by atoms with Crippen molar-refractivity contribution in [3.8, 4) is 0 Å². The van der Waals surface area contributed by atoms with Crippen molar-refractivity contribution in [1.82, 2.24) is 14.8 Å². The smallest absolute Gasteiger partial charge is 0.254 e. The second-order valence-electron chi connectivity index (χ2n) is 11.0. The first-order valence-electron chi connectivity index (χ1n) is 13.8. The van der Waals surface area contributed by atoms with Crippen molar-refractivity contribution in [2.24, 2.45) is 11.8 Å². The van der Waals surface area contributed by atoms with Gasteiger partial charge in [0.15, 0.2) is 0 Å². The van der Waals surface area contributed by atoms with Gasteiger partial charge in [0.05, 0.1) is 16.8 Å². The maximum atomic E-state index is 14.2. The molecule has 1 atom stereocenters. The highest BCUT2D eigenvalue weighted by Gasteiger charge is 2.34. The minimum Gasteiger partial charge on any atom is -0.342 e. The molecular weight excluding hydrogens is 458 g/mol. The van der Waals surface area contributed by atoms with Crippen LogP contribution in [0.3, 0.4) is 0 Å². The summed E-state index contributed by atoms with van der Waals surface area (Å²) < 4.78 is 0. The van der Waals surface area contributed by atoms with Crippen LogP contribution in [0.4, 0.5) is 0 Å². The van der Waals surface area contributed by atoms with Gasteiger partial charge in [-0.3, -0.25) is 9.59 Å². The summed E-state index contributed by atoms with van der Waals surface area (Å²) in [6.45, 7) is 5.32. The highest BCUT2D eigenvalue weighted by atomic mass is 16.2. The Balaban J connectivity index is 1.34. The van der Waals surface area contributed by atoms with Crippen molar-refractivity contribution in [1.29, 1.82) is 0 Å². The van der Waals surface area contributed by atoms with Crippen LogP contribution in [0.25, 0.3) is 22.6 Å². The molecule has 0 N–H and O–H groups in total. The lowest BCUT2D eigenvalue weighted by atomic mass is 9.80. The van der Waals surface area contributed by atoms with Gasteiger partial charge in [-0.2, -0.15) is 0 Å². The monoisotopic (exact) mass is 493 g/mol. The number of amides is 2. The normalized spacial score (nSPS) is 21.4. The highest BCUT2D eigenvalue weighted by molar-refractivity contribution is 6.09. The summed E-state index contributed by atoms with van der Waals surface area (Å²) in [6, 6.07) is 18.4. The van der Waals surface area contributed by atoms with Crippen LogP contribution in [0.5, 0.6) is 0 Å². The Bertz CT molecular complexity index is 1350. The topological polar surface area (TPSA) is 53.5 Å². The van der Waals surface area contributed by atoms with E-state index in [0.29, 0.717) is 24.9 Å². The summed E-state index contributed by atoms with van der Waals surface area (Å²) in [4.78, 5) is 36.2. The average Bonchev–Trinajstić information content (AvgIpc) is 3.47. The van der Waals surface area contributed by atoms with E-state index in [1.165, 1.54) is 5.57 Å². The molecule has 5 heteroatoms. The van der Waals surface area contributed by atoms with E-state index in [4.69, 9.17) is 4.98 Å². The Morgan fingerprint density at radius 1 is 0.865 bits per heavy atom. The fraction of sp³-hybridized carbons (Fsp3) is 0.406. The third kappa shape index (κ3) is 4.68. The number of likely N-dealkylation sites (tertiary alicyclic amines) is 2. The van der Waals surface area contributed by atoms with E-state index in [9.17, 15) is 9.59 Å². The van der Waals surface area contributed by atoms with Crippen molar-refractivity contribution < 1.29 is 9.59 Å². The van der Waals surface area contributed by atoms with Gasteiger partial charge < -0.3 is 9.80 Å². The molecule has 3 heterocycles. The zero-order valence-electron chi connectivity index (χ0n) is 21.7. The third-order valence-electron chi connectivity index (χ3n) is 8.32. The lowest BCUT2D eigenvalue weighted by Crippen LogP contribution is -2.44. The van der Waals surface area contributed by atoms with Crippen LogP contribution in [-0.2, 0) is 11.2 Å². The molecule has 0 spiro atoms. The van der Waals surface area contributed by atoms with Gasteiger partial charge in [-0.1, -0.05) is 55.5 Å². The summed E-state index contributed by atoms with van der Waals surface area (Å²) in [6.07, 6.45) is 7.77. The lowest BCUT2D eigenvalue weighted by Gasteiger charge is -2.34. The van der Waals surface area contributed by atoms with Crippen molar-refractivity contribution in [3.63, 3.8) is 0 Å². The maximum Gasteiger partial charge on any atom is 0.254 e. The minimum absolute atomic E-state index is 0.0469. The molecular formula is C32H35N3O2. The van der Waals surface area contributed by atoms with Crippen LogP contribution < -0.4 is 0 Å². The standard InChI is InChI=1S/C32H35N3O2/c1-22-19-25(21-23-9-3-2-4-10-23)30-27(20-22)29(26-11-5-6-12-28(26)33-30)32(37)35-17-13-24(14-18-35)31(36)34-15-7-8-16-34/h2-6,9-12,21-22,24H,7-8,13-20H2,1H3/b25-21+. The van der Waals surface area contributed by atoms with Crippen molar-refractivity contribution in [3.05, 3.63) is 77.0 Å². The second kappa shape index (κ2) is 10.1. The molecule has 2 aromatic carbocycles. The van der Waals surface area contributed by atoms with E-state index in [-0.39, 0.29) is 11.8 Å². The van der Waals surface area contributed by atoms with Gasteiger partial charge in [0, 0.05) is 37.5 Å². The van der Waals surface area contributed by atoms with E-state index >= 15 is 0 Å². The van der Waals surface area contributed by atoms with Crippen LogP contribution >= 0.6 is 0 Å². The number of aromatic nitrogens is 1. The Kier molecular flexibility index (Phi) is 6.54. The molecule has 0 radical (unpaired) electrons. The summed E-state index contributed by atoms with van der Waals surface area (Å²) in [5.41, 5.74) is 6.11. The number of para-hydroxylation sites is 1. The van der Waals surface area contributed by atoms with Crippen LogP contribution in [0.1, 0.15) is 66.2 Å². The van der Waals surface area contributed by atoms with Crippen molar-refractivity contribution >= 4 is 34.4 Å². The van der Waals surface area contributed by atoms with Gasteiger partial charge >= 0.3 is 0 Å². The number of pyridine rings is 1. The van der Waals surface area contributed by atoms with Gasteiger partial charge in [0.2, 0.25) is 5.91 Å². The van der Waals surface area contributed by atoms with E-state index < -0.39 is 0 Å². The Hall–Kier alpha value is -3.47. The first kappa shape index (κ1) is 23.9. The Morgan fingerprint density at radius 2 is 1.57 bits per heavy atom. The van der Waals surface area contributed by atoms with Gasteiger partial charge in [-0.05, 0) is 73.3 Å². The van der Waals surface area contributed by atoms with Gasteiger partial charge in [-0.15, -0.1) is 0 Å². The number of carbonyl (C=O) groups is 2. The number of nitrogens with zero attached hydrogens (tertiary/aromatic N) is 3. The largest absolute Gasteiger partial charge is 0.342 e. The van der Waals surface area contributed by atoms with E-state index in [0.717, 1.165) is 84.9 Å². The van der Waals surface area contributed by atoms with E-state index in [2.05, 4.69) is 37.3 Å². The first-order valence-corrected chi connectivity index (χ1v) is 13.8.